The molecule has 6 rings (SSSR count). The Kier molecular flexibility index (Phi) is 17.2. The molecule has 0 saturated carbocycles. The number of anilines is 2. The van der Waals surface area contributed by atoms with Crippen LogP contribution in [0.4, 0.5) is 17.1 Å². The maximum Gasteiger partial charge on any atom is 0.335 e. The summed E-state index contributed by atoms with van der Waals surface area (Å²) in [5, 5.41) is 12.3. The van der Waals surface area contributed by atoms with E-state index in [4.69, 9.17) is 34.3 Å². The third-order valence-corrected chi connectivity index (χ3v) is 12.1. The molecule has 4 amide bonds. The number of nitrogens with zero attached hydrogens (tertiary/aromatic N) is 4. The van der Waals surface area contributed by atoms with Crippen LogP contribution < -0.4 is 21.5 Å². The van der Waals surface area contributed by atoms with Gasteiger partial charge in [-0.1, -0.05) is 23.4 Å². The molecule has 368 valence electrons. The monoisotopic (exact) mass is 997 g/mol. The first kappa shape index (κ1) is 51.6. The fourth-order valence-electron chi connectivity index (χ4n) is 6.90. The number of amides is 4. The molecule has 3 aromatic rings. The Balaban J connectivity index is 0.952. The number of ether oxygens (including phenoxy) is 5. The molecule has 1 aliphatic carbocycles. The van der Waals surface area contributed by atoms with Crippen molar-refractivity contribution >= 4 is 72.5 Å². The van der Waals surface area contributed by atoms with Gasteiger partial charge in [0, 0.05) is 47.8 Å². The maximum atomic E-state index is 14.0. The molecule has 1 fully saturated rings. The third kappa shape index (κ3) is 13.3. The SMILES string of the molecule is CN(N=Nc1ccc(NC(=O)CCOCCOCCOCCOCCC(=O)ON2C(=O)CCC2=O)cc1)C(=O)c1ccccc1C1=C2C=CC([NH3+])C(S(=O)(=O)[O-])=C2Oc2c1ccc(N)c2S(=O)(=O)O. The van der Waals surface area contributed by atoms with Crippen molar-refractivity contribution in [3.8, 4) is 5.75 Å². The Bertz CT molecular complexity index is 2810. The van der Waals surface area contributed by atoms with Crippen molar-refractivity contribution in [2.75, 3.05) is 71.0 Å². The van der Waals surface area contributed by atoms with E-state index in [1.807, 2.05) is 0 Å². The van der Waals surface area contributed by atoms with Crippen LogP contribution in [-0.2, 0) is 63.2 Å². The molecular formula is C43H47N7O17S2. The first-order chi connectivity index (χ1) is 32.8. The molecule has 1 atom stereocenters. The number of hydrogen-bond acceptors (Lipinski definition) is 19. The molecule has 26 heteroatoms. The molecule has 69 heavy (non-hydrogen) atoms. The topological polar surface area (TPSA) is 349 Å². The summed E-state index contributed by atoms with van der Waals surface area (Å²) in [4.78, 5) is 64.3. The van der Waals surface area contributed by atoms with Crippen LogP contribution >= 0.6 is 0 Å². The van der Waals surface area contributed by atoms with Crippen LogP contribution in [0.2, 0.25) is 0 Å². The minimum atomic E-state index is -5.25. The molecule has 7 N–H and O–H groups in total. The van der Waals surface area contributed by atoms with Crippen LogP contribution in [0.1, 0.15) is 47.2 Å². The number of carbonyl (C=O) groups is 5. The van der Waals surface area contributed by atoms with Crippen LogP contribution in [0.5, 0.6) is 5.75 Å². The van der Waals surface area contributed by atoms with E-state index < -0.39 is 77.0 Å². The van der Waals surface area contributed by atoms with Gasteiger partial charge in [-0.3, -0.25) is 23.7 Å². The van der Waals surface area contributed by atoms with Crippen molar-refractivity contribution in [2.45, 2.75) is 36.6 Å². The van der Waals surface area contributed by atoms with Crippen LogP contribution in [0.25, 0.3) is 5.57 Å². The molecule has 1 unspecified atom stereocenters. The van der Waals surface area contributed by atoms with E-state index in [2.05, 4.69) is 21.4 Å². The molecule has 3 aromatic carbocycles. The number of benzene rings is 3. The predicted molar refractivity (Wildman–Crippen MR) is 238 cm³/mol. The molecule has 0 bridgehead atoms. The lowest BCUT2D eigenvalue weighted by atomic mass is 9.85. The Morgan fingerprint density at radius 2 is 1.46 bits per heavy atom. The number of nitrogens with two attached hydrogens (primary N) is 1. The van der Waals surface area contributed by atoms with Gasteiger partial charge in [0.15, 0.2) is 16.4 Å². The minimum absolute atomic E-state index is 0.00232. The summed E-state index contributed by atoms with van der Waals surface area (Å²) in [6.45, 7) is 1.68. The van der Waals surface area contributed by atoms with Crippen molar-refractivity contribution < 1.29 is 84.2 Å². The van der Waals surface area contributed by atoms with E-state index in [-0.39, 0.29) is 112 Å². The lowest BCUT2D eigenvalue weighted by Gasteiger charge is -2.32. The fraction of sp³-hybridized carbons (Fsp3) is 0.326. The fourth-order valence-corrected chi connectivity index (χ4v) is 8.48. The Morgan fingerprint density at radius 3 is 2.07 bits per heavy atom. The number of quaternary nitrogens is 1. The van der Waals surface area contributed by atoms with Crippen molar-refractivity contribution in [2.24, 2.45) is 10.3 Å². The number of nitrogen functional groups attached to an aromatic ring is 1. The van der Waals surface area contributed by atoms with E-state index in [0.717, 1.165) is 5.01 Å². The maximum absolute atomic E-state index is 14.0. The quantitative estimate of drug-likeness (QED) is 0.0263. The second-order valence-corrected chi connectivity index (χ2v) is 17.7. The van der Waals surface area contributed by atoms with Crippen LogP contribution in [0, 0.1) is 0 Å². The number of fused-ring (bicyclic) bond motifs is 2. The molecule has 24 nitrogen and oxygen atoms in total. The van der Waals surface area contributed by atoms with Gasteiger partial charge in [-0.15, -0.1) is 10.2 Å². The lowest BCUT2D eigenvalue weighted by molar-refractivity contribution is -0.389. The smallest absolute Gasteiger partial charge is 0.335 e. The van der Waals surface area contributed by atoms with Crippen molar-refractivity contribution in [3.05, 3.63) is 106 Å². The number of carbonyl (C=O) groups excluding carboxylic acids is 5. The van der Waals surface area contributed by atoms with Crippen LogP contribution in [0.3, 0.4) is 0 Å². The summed E-state index contributed by atoms with van der Waals surface area (Å²) in [6.07, 6.45) is 2.72. The van der Waals surface area contributed by atoms with Gasteiger partial charge < -0.3 is 49.9 Å². The summed E-state index contributed by atoms with van der Waals surface area (Å²) in [5.41, 5.74) is 10.2. The third-order valence-electron chi connectivity index (χ3n) is 10.1. The van der Waals surface area contributed by atoms with Gasteiger partial charge in [0.1, 0.15) is 21.1 Å². The zero-order chi connectivity index (χ0) is 49.9. The van der Waals surface area contributed by atoms with Crippen LogP contribution in [-0.4, -0.2) is 132 Å². The zero-order valence-corrected chi connectivity index (χ0v) is 38.5. The highest BCUT2D eigenvalue weighted by Crippen LogP contribution is 2.49. The molecule has 0 radical (unpaired) electrons. The van der Waals surface area contributed by atoms with E-state index in [0.29, 0.717) is 16.4 Å². The predicted octanol–water partition coefficient (Wildman–Crippen LogP) is 1.81. The molecule has 2 heterocycles. The summed E-state index contributed by atoms with van der Waals surface area (Å²) >= 11 is 0. The number of hydroxylamine groups is 2. The number of allylic oxidation sites excluding steroid dienone is 1. The van der Waals surface area contributed by atoms with Gasteiger partial charge >= 0.3 is 5.97 Å². The summed E-state index contributed by atoms with van der Waals surface area (Å²) < 4.78 is 100. The van der Waals surface area contributed by atoms with Crippen molar-refractivity contribution in [1.29, 1.82) is 0 Å². The van der Waals surface area contributed by atoms with Gasteiger partial charge in [-0.2, -0.15) is 8.42 Å². The lowest BCUT2D eigenvalue weighted by Crippen LogP contribution is -2.62. The minimum Gasteiger partial charge on any atom is -0.744 e. The average Bonchev–Trinajstić information content (AvgIpc) is 3.61. The van der Waals surface area contributed by atoms with Gasteiger partial charge in [0.05, 0.1) is 77.1 Å². The largest absolute Gasteiger partial charge is 0.744 e. The Hall–Kier alpha value is -6.75. The number of nitrogens with one attached hydrogen (secondary N) is 1. The van der Waals surface area contributed by atoms with E-state index in [9.17, 15) is 49.9 Å². The Morgan fingerprint density at radius 1 is 0.870 bits per heavy atom. The second kappa shape index (κ2) is 23.0. The standard InChI is InChI=1S/C43H47N7O17S2/c1-49(43(55)29-5-3-2-4-28(29)38-30-10-12-32(44)41(68(56,57)58)39(30)66-40-31(38)11-13-33(45)42(40)69(59,60)61)48-47-27-8-6-26(7-9-27)46-34(51)16-18-62-20-22-64-24-25-65-23-21-63-19-17-37(54)67-50-35(52)14-15-36(50)53/h2-13,32H,14-25,44-45H2,1H3,(H,46,51)(H,56,57,58)(H,59,60,61). The van der Waals surface area contributed by atoms with Gasteiger partial charge in [-0.05, 0) is 60.2 Å². The highest BCUT2D eigenvalue weighted by atomic mass is 32.2. The molecule has 0 aromatic heterocycles. The first-order valence-electron chi connectivity index (χ1n) is 21.0. The molecule has 0 spiro atoms. The summed E-state index contributed by atoms with van der Waals surface area (Å²) in [5.74, 6) is -4.00. The van der Waals surface area contributed by atoms with Crippen molar-refractivity contribution in [3.63, 3.8) is 0 Å². The van der Waals surface area contributed by atoms with Gasteiger partial charge in [0.25, 0.3) is 27.8 Å². The highest BCUT2D eigenvalue weighted by Gasteiger charge is 2.39. The Labute approximate surface area is 394 Å². The number of hydrogen-bond donors (Lipinski definition) is 4. The second-order valence-electron chi connectivity index (χ2n) is 15.0. The van der Waals surface area contributed by atoms with E-state index >= 15 is 0 Å². The molecule has 1 saturated heterocycles. The van der Waals surface area contributed by atoms with E-state index in [1.165, 1.54) is 43.5 Å². The molecular weight excluding hydrogens is 951 g/mol. The van der Waals surface area contributed by atoms with Crippen LogP contribution in [0.15, 0.2) is 104 Å². The molecule has 2 aliphatic heterocycles. The van der Waals surface area contributed by atoms with E-state index in [1.54, 1.807) is 36.4 Å². The summed E-state index contributed by atoms with van der Waals surface area (Å²) in [7, 11) is -9.02. The van der Waals surface area contributed by atoms with Crippen molar-refractivity contribution in [1.82, 2.24) is 10.1 Å². The molecule has 3 aliphatic rings. The first-order valence-corrected chi connectivity index (χ1v) is 23.8. The summed E-state index contributed by atoms with van der Waals surface area (Å²) in [6, 6.07) is 13.6. The highest BCUT2D eigenvalue weighted by molar-refractivity contribution is 7.89. The van der Waals surface area contributed by atoms with Gasteiger partial charge in [-0.25, -0.2) is 18.2 Å². The number of imide groups is 1. The van der Waals surface area contributed by atoms with Gasteiger partial charge in [0.2, 0.25) is 5.91 Å². The number of rotatable bonds is 23. The average molecular weight is 998 g/mol. The normalized spacial score (nSPS) is 15.9. The zero-order valence-electron chi connectivity index (χ0n) is 36.9.